The molecule has 1 N–H and O–H groups in total. The second-order valence-corrected chi connectivity index (χ2v) is 4.54. The van der Waals surface area contributed by atoms with Gasteiger partial charge in [0.2, 0.25) is 0 Å². The van der Waals surface area contributed by atoms with Crippen LogP contribution in [0, 0.1) is 0 Å². The van der Waals surface area contributed by atoms with Crippen LogP contribution in [0.1, 0.15) is 25.2 Å². The Bertz CT molecular complexity index is 587. The van der Waals surface area contributed by atoms with Crippen molar-refractivity contribution in [3.8, 4) is 0 Å². The maximum Gasteiger partial charge on any atom is 0.416 e. The van der Waals surface area contributed by atoms with E-state index >= 15 is 0 Å². The van der Waals surface area contributed by atoms with Gasteiger partial charge in [0, 0.05) is 6.42 Å². The summed E-state index contributed by atoms with van der Waals surface area (Å²) < 4.78 is 39.7. The Balaban J connectivity index is 2.57. The topological polar surface area (TPSA) is 38.0 Å². The molecule has 1 atom stereocenters. The summed E-state index contributed by atoms with van der Waals surface area (Å²) in [5, 5.41) is 9.46. The summed E-state index contributed by atoms with van der Waals surface area (Å²) in [4.78, 5) is 4.21. The average Bonchev–Trinajstić information content (AvgIpc) is 2.65. The number of imidazole rings is 1. The molecule has 19 heavy (non-hydrogen) atoms. The van der Waals surface area contributed by atoms with Crippen LogP contribution in [0.2, 0.25) is 0 Å². The number of aryl methyl sites for hydroxylation is 1. The fraction of sp³-hybridized carbons (Fsp3) is 0.462. The minimum atomic E-state index is -4.37. The van der Waals surface area contributed by atoms with Crippen molar-refractivity contribution >= 4 is 11.0 Å². The van der Waals surface area contributed by atoms with Gasteiger partial charge in [-0.15, -0.1) is 0 Å². The lowest BCUT2D eigenvalue weighted by Gasteiger charge is -2.10. The molecule has 0 aliphatic heterocycles. The molecule has 6 heteroatoms. The maximum atomic E-state index is 12.6. The molecule has 0 spiro atoms. The first kappa shape index (κ1) is 13.9. The molecule has 1 aromatic carbocycles. The number of halogens is 3. The molecule has 0 saturated heterocycles. The first-order chi connectivity index (χ1) is 8.82. The molecule has 0 amide bonds. The average molecular weight is 272 g/mol. The van der Waals surface area contributed by atoms with Crippen molar-refractivity contribution in [1.82, 2.24) is 9.55 Å². The highest BCUT2D eigenvalue weighted by Crippen LogP contribution is 2.31. The number of benzene rings is 1. The van der Waals surface area contributed by atoms with Gasteiger partial charge < -0.3 is 9.67 Å². The van der Waals surface area contributed by atoms with Crippen molar-refractivity contribution < 1.29 is 18.3 Å². The van der Waals surface area contributed by atoms with Crippen LogP contribution in [0.5, 0.6) is 0 Å². The third-order valence-corrected chi connectivity index (χ3v) is 2.92. The highest BCUT2D eigenvalue weighted by molar-refractivity contribution is 5.77. The summed E-state index contributed by atoms with van der Waals surface area (Å²) in [5.41, 5.74) is 0.224. The zero-order valence-corrected chi connectivity index (χ0v) is 10.7. The van der Waals surface area contributed by atoms with Crippen LogP contribution in [-0.4, -0.2) is 20.8 Å². The van der Waals surface area contributed by atoms with E-state index in [1.165, 1.54) is 6.07 Å². The fourth-order valence-electron chi connectivity index (χ4n) is 2.09. The second-order valence-electron chi connectivity index (χ2n) is 4.54. The van der Waals surface area contributed by atoms with Gasteiger partial charge in [0.15, 0.2) is 0 Å². The number of hydrogen-bond donors (Lipinski definition) is 1. The smallest absolute Gasteiger partial charge is 0.392 e. The number of aliphatic hydroxyl groups is 1. The van der Waals surface area contributed by atoms with E-state index in [0.29, 0.717) is 29.8 Å². The molecule has 0 radical (unpaired) electrons. The van der Waals surface area contributed by atoms with Crippen LogP contribution in [0.4, 0.5) is 13.2 Å². The number of hydrogen-bond acceptors (Lipinski definition) is 2. The lowest BCUT2D eigenvalue weighted by atomic mass is 10.2. The molecule has 1 aromatic heterocycles. The number of aliphatic hydroxyl groups excluding tert-OH is 1. The molecule has 2 aromatic rings. The van der Waals surface area contributed by atoms with Gasteiger partial charge in [-0.25, -0.2) is 4.98 Å². The lowest BCUT2D eigenvalue weighted by Crippen LogP contribution is -2.14. The highest BCUT2D eigenvalue weighted by Gasteiger charge is 2.31. The van der Waals surface area contributed by atoms with Gasteiger partial charge in [0.1, 0.15) is 5.82 Å². The Morgan fingerprint density at radius 3 is 2.58 bits per heavy atom. The lowest BCUT2D eigenvalue weighted by molar-refractivity contribution is -0.137. The van der Waals surface area contributed by atoms with E-state index in [-0.39, 0.29) is 0 Å². The second kappa shape index (κ2) is 4.85. The van der Waals surface area contributed by atoms with E-state index in [1.807, 2.05) is 6.92 Å². The molecular formula is C13H15F3N2O. The van der Waals surface area contributed by atoms with E-state index in [0.717, 1.165) is 12.1 Å². The summed E-state index contributed by atoms with van der Waals surface area (Å²) >= 11 is 0. The number of fused-ring (bicyclic) bond motifs is 1. The Morgan fingerprint density at radius 2 is 2.05 bits per heavy atom. The van der Waals surface area contributed by atoms with Crippen LogP contribution in [-0.2, 0) is 19.1 Å². The molecule has 0 fully saturated rings. The predicted molar refractivity (Wildman–Crippen MR) is 65.8 cm³/mol. The molecule has 1 heterocycles. The van der Waals surface area contributed by atoms with E-state index < -0.39 is 17.8 Å². The monoisotopic (exact) mass is 272 g/mol. The molecule has 0 bridgehead atoms. The molecule has 0 aliphatic rings. The third-order valence-electron chi connectivity index (χ3n) is 2.92. The Labute approximate surface area is 108 Å². The van der Waals surface area contributed by atoms with Gasteiger partial charge in [-0.05, 0) is 25.1 Å². The quantitative estimate of drug-likeness (QED) is 0.932. The van der Waals surface area contributed by atoms with E-state index in [2.05, 4.69) is 4.98 Å². The third kappa shape index (κ3) is 2.73. The summed E-state index contributed by atoms with van der Waals surface area (Å²) in [6.45, 7) is 3.84. The van der Waals surface area contributed by atoms with Crippen molar-refractivity contribution in [3.05, 3.63) is 29.6 Å². The minimum absolute atomic E-state index is 0.312. The summed E-state index contributed by atoms with van der Waals surface area (Å²) in [5.74, 6) is 0.676. The molecule has 0 aliphatic carbocycles. The number of aromatic nitrogens is 2. The molecule has 0 saturated carbocycles. The number of nitrogens with zero attached hydrogens (tertiary/aromatic N) is 2. The van der Waals surface area contributed by atoms with Crippen LogP contribution < -0.4 is 0 Å². The molecular weight excluding hydrogens is 257 g/mol. The van der Waals surface area contributed by atoms with Gasteiger partial charge in [0.25, 0.3) is 0 Å². The fourth-order valence-corrected chi connectivity index (χ4v) is 2.09. The highest BCUT2D eigenvalue weighted by atomic mass is 19.4. The largest absolute Gasteiger partial charge is 0.416 e. The normalized spacial score (nSPS) is 14.0. The van der Waals surface area contributed by atoms with Crippen molar-refractivity contribution in [1.29, 1.82) is 0 Å². The zero-order valence-electron chi connectivity index (χ0n) is 10.7. The Hall–Kier alpha value is -1.56. The van der Waals surface area contributed by atoms with Gasteiger partial charge in [-0.3, -0.25) is 0 Å². The first-order valence-corrected chi connectivity index (χ1v) is 6.07. The van der Waals surface area contributed by atoms with E-state index in [1.54, 1.807) is 11.5 Å². The van der Waals surface area contributed by atoms with Gasteiger partial charge in [-0.2, -0.15) is 13.2 Å². The van der Waals surface area contributed by atoms with Crippen molar-refractivity contribution in [2.75, 3.05) is 0 Å². The predicted octanol–water partition coefficient (Wildman–Crippen LogP) is 3.00. The molecule has 2 rings (SSSR count). The summed E-state index contributed by atoms with van der Waals surface area (Å²) in [6, 6.07) is 3.50. The Kier molecular flexibility index (Phi) is 3.54. The van der Waals surface area contributed by atoms with E-state index in [9.17, 15) is 18.3 Å². The Morgan fingerprint density at radius 1 is 1.37 bits per heavy atom. The van der Waals surface area contributed by atoms with E-state index in [4.69, 9.17) is 0 Å². The minimum Gasteiger partial charge on any atom is -0.392 e. The SMILES string of the molecule is CCc1nc2cc(C(F)(F)F)ccc2n1CC(C)O. The van der Waals surface area contributed by atoms with Crippen LogP contribution >= 0.6 is 0 Å². The maximum absolute atomic E-state index is 12.6. The van der Waals surface area contributed by atoms with Crippen LogP contribution in [0.25, 0.3) is 11.0 Å². The standard InChI is InChI=1S/C13H15F3N2O/c1-3-12-17-10-6-9(13(14,15)16)4-5-11(10)18(12)7-8(2)19/h4-6,8,19H,3,7H2,1-2H3. The molecule has 104 valence electrons. The van der Waals surface area contributed by atoms with Crippen molar-refractivity contribution in [2.24, 2.45) is 0 Å². The van der Waals surface area contributed by atoms with Crippen LogP contribution in [0.3, 0.4) is 0 Å². The van der Waals surface area contributed by atoms with Crippen molar-refractivity contribution in [3.63, 3.8) is 0 Å². The molecule has 1 unspecified atom stereocenters. The van der Waals surface area contributed by atoms with Gasteiger partial charge in [0.05, 0.1) is 29.2 Å². The van der Waals surface area contributed by atoms with Gasteiger partial charge >= 0.3 is 6.18 Å². The summed E-state index contributed by atoms with van der Waals surface area (Å²) in [6.07, 6.45) is -4.35. The van der Waals surface area contributed by atoms with Gasteiger partial charge in [-0.1, -0.05) is 6.92 Å². The van der Waals surface area contributed by atoms with Crippen LogP contribution in [0.15, 0.2) is 18.2 Å². The summed E-state index contributed by atoms with van der Waals surface area (Å²) in [7, 11) is 0. The van der Waals surface area contributed by atoms with Crippen molar-refractivity contribution in [2.45, 2.75) is 39.1 Å². The first-order valence-electron chi connectivity index (χ1n) is 6.07. The number of alkyl halides is 3. The zero-order chi connectivity index (χ0) is 14.2. The molecule has 3 nitrogen and oxygen atoms in total. The number of rotatable bonds is 3.